The summed E-state index contributed by atoms with van der Waals surface area (Å²) >= 11 is 1.39. The van der Waals surface area contributed by atoms with Crippen molar-refractivity contribution >= 4 is 17.2 Å². The molecule has 0 saturated carbocycles. The molecule has 4 heterocycles. The van der Waals surface area contributed by atoms with Crippen LogP contribution in [0.3, 0.4) is 0 Å². The Hall–Kier alpha value is -1.79. The summed E-state index contributed by atoms with van der Waals surface area (Å²) in [5, 5.41) is 7.15. The molecule has 2 aromatic heterocycles. The molecule has 108 valence electrons. The molecule has 2 N–H and O–H groups in total. The predicted molar refractivity (Wildman–Crippen MR) is 81.2 cm³/mol. The molecule has 2 aromatic rings. The van der Waals surface area contributed by atoms with Crippen LogP contribution in [0.1, 0.15) is 29.1 Å². The van der Waals surface area contributed by atoms with Gasteiger partial charge in [0.2, 0.25) is 0 Å². The lowest BCUT2D eigenvalue weighted by molar-refractivity contribution is 0.0930. The number of thiazole rings is 1. The van der Waals surface area contributed by atoms with Crippen molar-refractivity contribution in [1.82, 2.24) is 20.6 Å². The molecular weight excluding hydrogens is 284 g/mol. The average molecular weight is 300 g/mol. The van der Waals surface area contributed by atoms with Crippen LogP contribution in [0.5, 0.6) is 0 Å². The molecule has 2 aliphatic rings. The van der Waals surface area contributed by atoms with Gasteiger partial charge in [0.15, 0.2) is 5.01 Å². The Morgan fingerprint density at radius 3 is 3.00 bits per heavy atom. The van der Waals surface area contributed by atoms with Gasteiger partial charge in [0.1, 0.15) is 0 Å². The van der Waals surface area contributed by atoms with E-state index in [9.17, 15) is 4.79 Å². The van der Waals surface area contributed by atoms with Gasteiger partial charge in [-0.25, -0.2) is 4.98 Å². The Labute approximate surface area is 126 Å². The maximum Gasteiger partial charge on any atom is 0.280 e. The van der Waals surface area contributed by atoms with Crippen molar-refractivity contribution < 1.29 is 4.79 Å². The van der Waals surface area contributed by atoms with E-state index in [4.69, 9.17) is 0 Å². The van der Waals surface area contributed by atoms with Crippen molar-refractivity contribution in [3.05, 3.63) is 35.6 Å². The standard InChI is InChI=1S/C15H16N4OS/c20-14(19-12-7-9-4-5-10(12)18-9)15-17-8-13(21-15)11-3-1-2-6-16-11/h1-3,6,8-10,12,18H,4-5,7H2,(H,19,20). The summed E-state index contributed by atoms with van der Waals surface area (Å²) < 4.78 is 0. The van der Waals surface area contributed by atoms with Gasteiger partial charge in [0.25, 0.3) is 5.91 Å². The van der Waals surface area contributed by atoms with Gasteiger partial charge in [-0.05, 0) is 31.4 Å². The van der Waals surface area contributed by atoms with E-state index in [1.807, 2.05) is 18.2 Å². The molecule has 6 heteroatoms. The van der Waals surface area contributed by atoms with Crippen molar-refractivity contribution in [3.8, 4) is 10.6 Å². The molecule has 4 rings (SSSR count). The number of hydrogen-bond acceptors (Lipinski definition) is 5. The molecule has 21 heavy (non-hydrogen) atoms. The highest BCUT2D eigenvalue weighted by atomic mass is 32.1. The largest absolute Gasteiger partial charge is 0.346 e. The lowest BCUT2D eigenvalue weighted by atomic mass is 9.95. The van der Waals surface area contributed by atoms with E-state index < -0.39 is 0 Å². The normalized spacial score (nSPS) is 27.0. The van der Waals surface area contributed by atoms with Crippen LogP contribution < -0.4 is 10.6 Å². The van der Waals surface area contributed by atoms with E-state index in [2.05, 4.69) is 20.6 Å². The van der Waals surface area contributed by atoms with Crippen molar-refractivity contribution in [2.75, 3.05) is 0 Å². The second-order valence-electron chi connectivity index (χ2n) is 5.61. The van der Waals surface area contributed by atoms with Crippen LogP contribution in [0, 0.1) is 0 Å². The first-order chi connectivity index (χ1) is 10.3. The van der Waals surface area contributed by atoms with Crippen molar-refractivity contribution in [2.24, 2.45) is 0 Å². The number of hydrogen-bond donors (Lipinski definition) is 2. The second kappa shape index (κ2) is 5.20. The molecule has 2 aliphatic heterocycles. The minimum Gasteiger partial charge on any atom is -0.346 e. The monoisotopic (exact) mass is 300 g/mol. The Morgan fingerprint density at radius 1 is 1.33 bits per heavy atom. The smallest absolute Gasteiger partial charge is 0.280 e. The highest BCUT2D eigenvalue weighted by Crippen LogP contribution is 2.29. The number of pyridine rings is 1. The number of nitrogens with one attached hydrogen (secondary N) is 2. The van der Waals surface area contributed by atoms with Crippen LogP contribution in [0.2, 0.25) is 0 Å². The molecule has 0 aromatic carbocycles. The summed E-state index contributed by atoms with van der Waals surface area (Å²) in [4.78, 5) is 21.8. The minimum absolute atomic E-state index is 0.0680. The fraction of sp³-hybridized carbons (Fsp3) is 0.400. The van der Waals surface area contributed by atoms with Gasteiger partial charge in [-0.1, -0.05) is 6.07 Å². The lowest BCUT2D eigenvalue weighted by Crippen LogP contribution is -2.42. The molecule has 0 spiro atoms. The number of aromatic nitrogens is 2. The summed E-state index contributed by atoms with van der Waals surface area (Å²) in [5.41, 5.74) is 0.857. The van der Waals surface area contributed by atoms with Gasteiger partial charge in [-0.15, -0.1) is 11.3 Å². The number of rotatable bonds is 3. The van der Waals surface area contributed by atoms with Crippen LogP contribution in [0.4, 0.5) is 0 Å². The lowest BCUT2D eigenvalue weighted by Gasteiger charge is -2.20. The minimum atomic E-state index is -0.0680. The number of fused-ring (bicyclic) bond motifs is 2. The molecule has 1 amide bonds. The van der Waals surface area contributed by atoms with Gasteiger partial charge < -0.3 is 10.6 Å². The maximum atomic E-state index is 12.3. The third-order valence-electron chi connectivity index (χ3n) is 4.23. The van der Waals surface area contributed by atoms with E-state index in [0.717, 1.165) is 23.4 Å². The Balaban J connectivity index is 1.47. The Kier molecular flexibility index (Phi) is 3.20. The summed E-state index contributed by atoms with van der Waals surface area (Å²) in [6, 6.07) is 7.01. The first-order valence-electron chi connectivity index (χ1n) is 7.24. The van der Waals surface area contributed by atoms with Crippen LogP contribution in [0.15, 0.2) is 30.6 Å². The van der Waals surface area contributed by atoms with Gasteiger partial charge in [0, 0.05) is 30.5 Å². The second-order valence-corrected chi connectivity index (χ2v) is 6.64. The topological polar surface area (TPSA) is 66.9 Å². The summed E-state index contributed by atoms with van der Waals surface area (Å²) in [7, 11) is 0. The van der Waals surface area contributed by atoms with Gasteiger partial charge in [0.05, 0.1) is 10.6 Å². The van der Waals surface area contributed by atoms with E-state index in [-0.39, 0.29) is 11.9 Å². The number of carbonyl (C=O) groups excluding carboxylic acids is 1. The van der Waals surface area contributed by atoms with Crippen molar-refractivity contribution in [1.29, 1.82) is 0 Å². The third kappa shape index (κ3) is 2.45. The Bertz CT molecular complexity index is 657. The number of nitrogens with zero attached hydrogens (tertiary/aromatic N) is 2. The zero-order chi connectivity index (χ0) is 14.2. The molecule has 0 radical (unpaired) electrons. The first kappa shape index (κ1) is 12.9. The summed E-state index contributed by atoms with van der Waals surface area (Å²) in [6.07, 6.45) is 6.90. The molecule has 2 saturated heterocycles. The Morgan fingerprint density at radius 2 is 2.29 bits per heavy atom. The highest BCUT2D eigenvalue weighted by molar-refractivity contribution is 7.16. The van der Waals surface area contributed by atoms with Crippen molar-refractivity contribution in [3.63, 3.8) is 0 Å². The molecule has 2 bridgehead atoms. The van der Waals surface area contributed by atoms with Crippen LogP contribution in [-0.4, -0.2) is 34.0 Å². The molecule has 2 fully saturated rings. The molecular formula is C15H16N4OS. The van der Waals surface area contributed by atoms with E-state index >= 15 is 0 Å². The van der Waals surface area contributed by atoms with Gasteiger partial charge in [-0.3, -0.25) is 9.78 Å². The SMILES string of the molecule is O=C(NC1CC2CCC1N2)c1ncc(-c2ccccn2)s1. The van der Waals surface area contributed by atoms with Crippen LogP contribution in [0.25, 0.3) is 10.6 Å². The summed E-state index contributed by atoms with van der Waals surface area (Å²) in [5.74, 6) is -0.0680. The fourth-order valence-corrected chi connectivity index (χ4v) is 4.02. The van der Waals surface area contributed by atoms with E-state index in [1.54, 1.807) is 12.4 Å². The molecule has 3 atom stereocenters. The number of amides is 1. The third-order valence-corrected chi connectivity index (χ3v) is 5.25. The zero-order valence-corrected chi connectivity index (χ0v) is 12.3. The summed E-state index contributed by atoms with van der Waals surface area (Å²) in [6.45, 7) is 0. The predicted octanol–water partition coefficient (Wildman–Crippen LogP) is 1.83. The van der Waals surface area contributed by atoms with Crippen LogP contribution >= 0.6 is 11.3 Å². The zero-order valence-electron chi connectivity index (χ0n) is 11.5. The fourth-order valence-electron chi connectivity index (χ4n) is 3.22. The van der Waals surface area contributed by atoms with Gasteiger partial charge >= 0.3 is 0 Å². The number of carbonyl (C=O) groups is 1. The van der Waals surface area contributed by atoms with Crippen LogP contribution in [-0.2, 0) is 0 Å². The first-order valence-corrected chi connectivity index (χ1v) is 8.05. The molecule has 5 nitrogen and oxygen atoms in total. The van der Waals surface area contributed by atoms with E-state index in [0.29, 0.717) is 17.1 Å². The highest BCUT2D eigenvalue weighted by Gasteiger charge is 2.39. The van der Waals surface area contributed by atoms with E-state index in [1.165, 1.54) is 17.8 Å². The van der Waals surface area contributed by atoms with Gasteiger partial charge in [-0.2, -0.15) is 0 Å². The molecule has 3 unspecified atom stereocenters. The maximum absolute atomic E-state index is 12.3. The average Bonchev–Trinajstić information content (AvgIpc) is 3.24. The quantitative estimate of drug-likeness (QED) is 0.907. The van der Waals surface area contributed by atoms with Crippen molar-refractivity contribution in [2.45, 2.75) is 37.4 Å². The molecule has 0 aliphatic carbocycles.